The number of hydrogen-bond donors (Lipinski definition) is 0. The van der Waals surface area contributed by atoms with Crippen LogP contribution in [0, 0.1) is 17.0 Å². The molecule has 0 amide bonds. The number of rotatable bonds is 5. The topological polar surface area (TPSA) is 91.3 Å². The molecule has 1 aromatic carbocycles. The molecule has 2 aromatic rings. The zero-order valence-electron chi connectivity index (χ0n) is 11.5. The number of benzene rings is 1. The average Bonchev–Trinajstić information content (AvgIpc) is 2.86. The summed E-state index contributed by atoms with van der Waals surface area (Å²) in [5.41, 5.74) is 1.35. The summed E-state index contributed by atoms with van der Waals surface area (Å²) in [5.74, 6) is 0.714. The maximum Gasteiger partial charge on any atom is 0.417 e. The van der Waals surface area contributed by atoms with Gasteiger partial charge in [-0.3, -0.25) is 14.6 Å². The van der Waals surface area contributed by atoms with Gasteiger partial charge in [-0.1, -0.05) is 31.1 Å². The van der Waals surface area contributed by atoms with E-state index in [0.29, 0.717) is 17.0 Å². The van der Waals surface area contributed by atoms with Crippen molar-refractivity contribution >= 4 is 5.69 Å². The molecule has 0 unspecified atom stereocenters. The van der Waals surface area contributed by atoms with Crippen molar-refractivity contribution < 1.29 is 14.2 Å². The lowest BCUT2D eigenvalue weighted by Gasteiger charge is -2.05. The van der Waals surface area contributed by atoms with E-state index < -0.39 is 4.92 Å². The second-order valence-electron chi connectivity index (χ2n) is 4.68. The SMILES string of the molecule is Cc1c(COc2nc(C(C)C)no2)cccc1[N+](=O)[O-]. The van der Waals surface area contributed by atoms with Crippen molar-refractivity contribution in [1.82, 2.24) is 10.1 Å². The van der Waals surface area contributed by atoms with Crippen molar-refractivity contribution in [2.24, 2.45) is 0 Å². The minimum atomic E-state index is -0.414. The zero-order valence-corrected chi connectivity index (χ0v) is 11.5. The van der Waals surface area contributed by atoms with Gasteiger partial charge < -0.3 is 4.74 Å². The summed E-state index contributed by atoms with van der Waals surface area (Å²) in [6.45, 7) is 5.72. The van der Waals surface area contributed by atoms with E-state index in [1.807, 2.05) is 13.8 Å². The first kappa shape index (κ1) is 14.0. The Bertz CT molecular complexity index is 622. The smallest absolute Gasteiger partial charge is 0.417 e. The van der Waals surface area contributed by atoms with Crippen LogP contribution in [0.4, 0.5) is 5.69 Å². The van der Waals surface area contributed by atoms with Crippen molar-refractivity contribution in [3.63, 3.8) is 0 Å². The predicted octanol–water partition coefficient (Wildman–Crippen LogP) is 2.99. The third kappa shape index (κ3) is 2.93. The fourth-order valence-electron chi connectivity index (χ4n) is 1.68. The van der Waals surface area contributed by atoms with Crippen molar-refractivity contribution in [1.29, 1.82) is 0 Å². The highest BCUT2D eigenvalue weighted by atomic mass is 16.6. The molecule has 0 bridgehead atoms. The molecular formula is C13H15N3O4. The minimum absolute atomic E-state index is 0.0690. The van der Waals surface area contributed by atoms with E-state index in [2.05, 4.69) is 10.1 Å². The fraction of sp³-hybridized carbons (Fsp3) is 0.385. The molecule has 106 valence electrons. The highest BCUT2D eigenvalue weighted by molar-refractivity contribution is 5.44. The summed E-state index contributed by atoms with van der Waals surface area (Å²) in [6, 6.07) is 4.85. The highest BCUT2D eigenvalue weighted by Gasteiger charge is 2.15. The number of aromatic nitrogens is 2. The first-order chi connectivity index (χ1) is 9.49. The Labute approximate surface area is 115 Å². The number of nitrogens with zero attached hydrogens (tertiary/aromatic N) is 3. The fourth-order valence-corrected chi connectivity index (χ4v) is 1.68. The lowest BCUT2D eigenvalue weighted by Crippen LogP contribution is -2.01. The molecule has 0 saturated carbocycles. The van der Waals surface area contributed by atoms with Gasteiger partial charge >= 0.3 is 6.08 Å². The number of nitro groups is 1. The molecule has 0 fully saturated rings. The minimum Gasteiger partial charge on any atom is -0.444 e. The second kappa shape index (κ2) is 5.68. The maximum atomic E-state index is 10.9. The quantitative estimate of drug-likeness (QED) is 0.616. The zero-order chi connectivity index (χ0) is 14.7. The summed E-state index contributed by atoms with van der Waals surface area (Å²) in [4.78, 5) is 14.5. The number of ether oxygens (including phenoxy) is 1. The van der Waals surface area contributed by atoms with Crippen molar-refractivity contribution in [2.45, 2.75) is 33.3 Å². The first-order valence-electron chi connectivity index (χ1n) is 6.18. The van der Waals surface area contributed by atoms with Gasteiger partial charge in [0, 0.05) is 17.5 Å². The van der Waals surface area contributed by atoms with Crippen LogP contribution in [0.15, 0.2) is 22.7 Å². The molecule has 2 rings (SSSR count). The Morgan fingerprint density at radius 2 is 2.20 bits per heavy atom. The van der Waals surface area contributed by atoms with Crippen LogP contribution >= 0.6 is 0 Å². The van der Waals surface area contributed by atoms with Gasteiger partial charge in [0.2, 0.25) is 0 Å². The molecule has 0 N–H and O–H groups in total. The number of nitro benzene ring substituents is 1. The van der Waals surface area contributed by atoms with E-state index in [-0.39, 0.29) is 24.3 Å². The van der Waals surface area contributed by atoms with Gasteiger partial charge in [-0.05, 0) is 12.5 Å². The van der Waals surface area contributed by atoms with Crippen LogP contribution in [0.3, 0.4) is 0 Å². The van der Waals surface area contributed by atoms with Crippen LogP contribution in [0.2, 0.25) is 0 Å². The second-order valence-corrected chi connectivity index (χ2v) is 4.68. The Hall–Kier alpha value is -2.44. The van der Waals surface area contributed by atoms with Crippen molar-refractivity contribution in [3.8, 4) is 6.08 Å². The van der Waals surface area contributed by atoms with Crippen LogP contribution in [-0.4, -0.2) is 15.1 Å². The van der Waals surface area contributed by atoms with Crippen molar-refractivity contribution in [3.05, 3.63) is 45.3 Å². The lowest BCUT2D eigenvalue weighted by atomic mass is 10.1. The Morgan fingerprint density at radius 3 is 2.80 bits per heavy atom. The summed E-state index contributed by atoms with van der Waals surface area (Å²) >= 11 is 0. The molecule has 0 aliphatic rings. The normalized spacial score (nSPS) is 10.8. The van der Waals surface area contributed by atoms with Gasteiger partial charge in [-0.25, -0.2) is 0 Å². The monoisotopic (exact) mass is 277 g/mol. The Kier molecular flexibility index (Phi) is 3.97. The third-order valence-electron chi connectivity index (χ3n) is 2.90. The van der Waals surface area contributed by atoms with Crippen LogP contribution in [0.25, 0.3) is 0 Å². The predicted molar refractivity (Wildman–Crippen MR) is 70.6 cm³/mol. The Morgan fingerprint density at radius 1 is 1.45 bits per heavy atom. The van der Waals surface area contributed by atoms with Gasteiger partial charge in [0.25, 0.3) is 5.69 Å². The molecule has 1 aromatic heterocycles. The standard InChI is InChI=1S/C13H15N3O4/c1-8(2)12-14-13(20-15-12)19-7-10-5-4-6-11(9(10)3)16(17)18/h4-6,8H,7H2,1-3H3. The van der Waals surface area contributed by atoms with E-state index in [9.17, 15) is 10.1 Å². The molecule has 0 saturated heterocycles. The average molecular weight is 277 g/mol. The van der Waals surface area contributed by atoms with E-state index in [1.165, 1.54) is 6.07 Å². The summed E-state index contributed by atoms with van der Waals surface area (Å²) < 4.78 is 10.3. The molecule has 0 aliphatic carbocycles. The van der Waals surface area contributed by atoms with E-state index in [1.54, 1.807) is 19.1 Å². The van der Waals surface area contributed by atoms with Gasteiger partial charge in [0.15, 0.2) is 5.82 Å². The maximum absolute atomic E-state index is 10.9. The highest BCUT2D eigenvalue weighted by Crippen LogP contribution is 2.22. The van der Waals surface area contributed by atoms with Gasteiger partial charge in [-0.15, -0.1) is 0 Å². The molecule has 20 heavy (non-hydrogen) atoms. The first-order valence-corrected chi connectivity index (χ1v) is 6.18. The van der Waals surface area contributed by atoms with Crippen LogP contribution in [-0.2, 0) is 6.61 Å². The Balaban J connectivity index is 2.10. The summed E-state index contributed by atoms with van der Waals surface area (Å²) in [6.07, 6.45) is 0.0691. The van der Waals surface area contributed by atoms with E-state index >= 15 is 0 Å². The lowest BCUT2D eigenvalue weighted by molar-refractivity contribution is -0.385. The van der Waals surface area contributed by atoms with Gasteiger partial charge in [-0.2, -0.15) is 4.98 Å². The molecule has 0 spiro atoms. The largest absolute Gasteiger partial charge is 0.444 e. The summed E-state index contributed by atoms with van der Waals surface area (Å²) in [7, 11) is 0. The molecule has 7 nitrogen and oxygen atoms in total. The molecule has 7 heteroatoms. The van der Waals surface area contributed by atoms with Crippen LogP contribution < -0.4 is 4.74 Å². The van der Waals surface area contributed by atoms with Crippen LogP contribution in [0.1, 0.15) is 36.7 Å². The van der Waals surface area contributed by atoms with Crippen LogP contribution in [0.5, 0.6) is 6.08 Å². The van der Waals surface area contributed by atoms with Crippen molar-refractivity contribution in [2.75, 3.05) is 0 Å². The third-order valence-corrected chi connectivity index (χ3v) is 2.90. The molecule has 0 atom stereocenters. The molecule has 1 heterocycles. The molecule has 0 radical (unpaired) electrons. The van der Waals surface area contributed by atoms with Gasteiger partial charge in [0.1, 0.15) is 6.61 Å². The van der Waals surface area contributed by atoms with E-state index in [0.717, 1.165) is 0 Å². The molecule has 0 aliphatic heterocycles. The number of hydrogen-bond acceptors (Lipinski definition) is 6. The summed E-state index contributed by atoms with van der Waals surface area (Å²) in [5, 5.41) is 14.6. The molecular weight excluding hydrogens is 262 g/mol. The van der Waals surface area contributed by atoms with Gasteiger partial charge in [0.05, 0.1) is 4.92 Å². The van der Waals surface area contributed by atoms with E-state index in [4.69, 9.17) is 9.26 Å².